The Hall–Kier alpha value is -2.06. The number of pyridine rings is 1. The SMILES string of the molecule is C#CCNCCCN(Cc1cccnc1)C(=O)OC(C)(C)C. The molecule has 0 saturated heterocycles. The van der Waals surface area contributed by atoms with Crippen LogP contribution in [0.15, 0.2) is 24.5 Å². The van der Waals surface area contributed by atoms with Crippen LogP contribution in [0, 0.1) is 12.3 Å². The molecule has 0 atom stereocenters. The molecule has 0 aromatic carbocycles. The summed E-state index contributed by atoms with van der Waals surface area (Å²) in [5.74, 6) is 2.52. The van der Waals surface area contributed by atoms with Crippen LogP contribution in [0.4, 0.5) is 4.79 Å². The van der Waals surface area contributed by atoms with E-state index in [1.165, 1.54) is 0 Å². The molecule has 0 aliphatic carbocycles. The summed E-state index contributed by atoms with van der Waals surface area (Å²) < 4.78 is 5.46. The Labute approximate surface area is 133 Å². The third kappa shape index (κ3) is 7.65. The maximum absolute atomic E-state index is 12.3. The molecule has 120 valence electrons. The molecule has 0 saturated carbocycles. The molecule has 1 aromatic heterocycles. The van der Waals surface area contributed by atoms with Crippen LogP contribution in [-0.2, 0) is 11.3 Å². The molecule has 1 aromatic rings. The van der Waals surface area contributed by atoms with Gasteiger partial charge >= 0.3 is 6.09 Å². The number of ether oxygens (including phenoxy) is 1. The fourth-order valence-electron chi connectivity index (χ4n) is 1.83. The number of rotatable bonds is 7. The third-order valence-electron chi connectivity index (χ3n) is 2.76. The van der Waals surface area contributed by atoms with E-state index in [2.05, 4.69) is 16.2 Å². The molecular formula is C17H25N3O2. The second kappa shape index (κ2) is 9.06. The lowest BCUT2D eigenvalue weighted by atomic mass is 10.2. The Morgan fingerprint density at radius 3 is 2.86 bits per heavy atom. The first-order valence-electron chi connectivity index (χ1n) is 7.43. The van der Waals surface area contributed by atoms with Gasteiger partial charge < -0.3 is 15.0 Å². The van der Waals surface area contributed by atoms with Crippen LogP contribution < -0.4 is 5.32 Å². The largest absolute Gasteiger partial charge is 0.444 e. The van der Waals surface area contributed by atoms with Crippen molar-refractivity contribution in [3.63, 3.8) is 0 Å². The molecule has 0 aliphatic rings. The Morgan fingerprint density at radius 1 is 1.50 bits per heavy atom. The van der Waals surface area contributed by atoms with E-state index >= 15 is 0 Å². The van der Waals surface area contributed by atoms with Crippen molar-refractivity contribution in [2.45, 2.75) is 39.3 Å². The minimum absolute atomic E-state index is 0.312. The van der Waals surface area contributed by atoms with Crippen molar-refractivity contribution in [1.82, 2.24) is 15.2 Å². The Morgan fingerprint density at radius 2 is 2.27 bits per heavy atom. The van der Waals surface area contributed by atoms with Crippen molar-refractivity contribution < 1.29 is 9.53 Å². The lowest BCUT2D eigenvalue weighted by Crippen LogP contribution is -2.37. The van der Waals surface area contributed by atoms with Crippen molar-refractivity contribution in [1.29, 1.82) is 0 Å². The molecule has 22 heavy (non-hydrogen) atoms. The number of hydrogen-bond donors (Lipinski definition) is 1. The standard InChI is InChI=1S/C17H25N3O2/c1-5-9-18-11-7-12-20(16(21)22-17(2,3)4)14-15-8-6-10-19-13-15/h1,6,8,10,13,18H,7,9,11-12,14H2,2-4H3. The first kappa shape index (κ1) is 18.0. The van der Waals surface area contributed by atoms with Crippen LogP contribution >= 0.6 is 0 Å². The molecule has 1 amide bonds. The predicted octanol–water partition coefficient (Wildman–Crippen LogP) is 2.43. The molecule has 1 N–H and O–H groups in total. The van der Waals surface area contributed by atoms with Crippen LogP contribution in [0.2, 0.25) is 0 Å². The van der Waals surface area contributed by atoms with Gasteiger partial charge in [-0.2, -0.15) is 0 Å². The highest BCUT2D eigenvalue weighted by atomic mass is 16.6. The monoisotopic (exact) mass is 303 g/mol. The minimum atomic E-state index is -0.508. The van der Waals surface area contributed by atoms with Crippen molar-refractivity contribution in [2.75, 3.05) is 19.6 Å². The van der Waals surface area contributed by atoms with Crippen LogP contribution in [0.5, 0.6) is 0 Å². The van der Waals surface area contributed by atoms with E-state index in [4.69, 9.17) is 11.2 Å². The third-order valence-corrected chi connectivity index (χ3v) is 2.76. The van der Waals surface area contributed by atoms with Gasteiger partial charge in [-0.05, 0) is 45.4 Å². The van der Waals surface area contributed by atoms with Crippen molar-refractivity contribution in [3.05, 3.63) is 30.1 Å². The zero-order chi connectivity index (χ0) is 16.4. The van der Waals surface area contributed by atoms with Crippen LogP contribution in [0.25, 0.3) is 0 Å². The van der Waals surface area contributed by atoms with E-state index in [0.29, 0.717) is 19.6 Å². The predicted molar refractivity (Wildman–Crippen MR) is 87.2 cm³/mol. The highest BCUT2D eigenvalue weighted by molar-refractivity contribution is 5.68. The number of amides is 1. The quantitative estimate of drug-likeness (QED) is 0.621. The van der Waals surface area contributed by atoms with Gasteiger partial charge in [0, 0.05) is 18.9 Å². The summed E-state index contributed by atoms with van der Waals surface area (Å²) >= 11 is 0. The summed E-state index contributed by atoms with van der Waals surface area (Å²) in [7, 11) is 0. The molecular weight excluding hydrogens is 278 g/mol. The van der Waals surface area contributed by atoms with Gasteiger partial charge in [0.2, 0.25) is 0 Å². The minimum Gasteiger partial charge on any atom is -0.444 e. The maximum Gasteiger partial charge on any atom is 0.410 e. The number of aromatic nitrogens is 1. The van der Waals surface area contributed by atoms with Gasteiger partial charge in [0.1, 0.15) is 5.60 Å². The first-order valence-corrected chi connectivity index (χ1v) is 7.43. The molecule has 1 rings (SSSR count). The van der Waals surface area contributed by atoms with E-state index in [1.54, 1.807) is 17.3 Å². The molecule has 5 nitrogen and oxygen atoms in total. The Bertz CT molecular complexity index is 489. The molecule has 0 bridgehead atoms. The van der Waals surface area contributed by atoms with Crippen LogP contribution in [-0.4, -0.2) is 41.2 Å². The lowest BCUT2D eigenvalue weighted by molar-refractivity contribution is 0.0231. The molecule has 0 aliphatic heterocycles. The van der Waals surface area contributed by atoms with Crippen molar-refractivity contribution in [2.24, 2.45) is 0 Å². The van der Waals surface area contributed by atoms with E-state index < -0.39 is 5.60 Å². The molecule has 5 heteroatoms. The number of carbonyl (C=O) groups is 1. The maximum atomic E-state index is 12.3. The summed E-state index contributed by atoms with van der Waals surface area (Å²) in [5.41, 5.74) is 0.469. The summed E-state index contributed by atoms with van der Waals surface area (Å²) in [6, 6.07) is 3.80. The molecule has 0 unspecified atom stereocenters. The molecule has 1 heterocycles. The highest BCUT2D eigenvalue weighted by Gasteiger charge is 2.22. The number of nitrogens with zero attached hydrogens (tertiary/aromatic N) is 2. The zero-order valence-electron chi connectivity index (χ0n) is 13.6. The first-order chi connectivity index (χ1) is 10.4. The second-order valence-electron chi connectivity index (χ2n) is 6.00. The van der Waals surface area contributed by atoms with Crippen LogP contribution in [0.1, 0.15) is 32.8 Å². The smallest absolute Gasteiger partial charge is 0.410 e. The fourth-order valence-corrected chi connectivity index (χ4v) is 1.83. The van der Waals surface area contributed by atoms with Gasteiger partial charge in [-0.3, -0.25) is 4.98 Å². The van der Waals surface area contributed by atoms with Crippen molar-refractivity contribution in [3.8, 4) is 12.3 Å². The molecule has 0 radical (unpaired) electrons. The zero-order valence-corrected chi connectivity index (χ0v) is 13.6. The molecule has 0 fully saturated rings. The van der Waals surface area contributed by atoms with E-state index in [-0.39, 0.29) is 6.09 Å². The van der Waals surface area contributed by atoms with E-state index in [0.717, 1.165) is 18.5 Å². The lowest BCUT2D eigenvalue weighted by Gasteiger charge is -2.27. The summed E-state index contributed by atoms with van der Waals surface area (Å²) in [6.07, 6.45) is 9.15. The van der Waals surface area contributed by atoms with Gasteiger partial charge in [0.25, 0.3) is 0 Å². The molecule has 0 spiro atoms. The van der Waals surface area contributed by atoms with Crippen molar-refractivity contribution >= 4 is 6.09 Å². The van der Waals surface area contributed by atoms with Gasteiger partial charge in [-0.25, -0.2) is 4.79 Å². The number of nitrogens with one attached hydrogen (secondary N) is 1. The summed E-state index contributed by atoms with van der Waals surface area (Å²) in [5, 5.41) is 3.11. The summed E-state index contributed by atoms with van der Waals surface area (Å²) in [4.78, 5) is 18.1. The fraction of sp³-hybridized carbons (Fsp3) is 0.529. The van der Waals surface area contributed by atoms with Gasteiger partial charge in [0.15, 0.2) is 0 Å². The Kier molecular flexibility index (Phi) is 7.41. The number of hydrogen-bond acceptors (Lipinski definition) is 4. The van der Waals surface area contributed by atoms with Crippen LogP contribution in [0.3, 0.4) is 0 Å². The second-order valence-corrected chi connectivity index (χ2v) is 6.00. The number of terminal acetylenes is 1. The summed E-state index contributed by atoms with van der Waals surface area (Å²) in [6.45, 7) is 7.97. The van der Waals surface area contributed by atoms with Gasteiger partial charge in [-0.15, -0.1) is 6.42 Å². The van der Waals surface area contributed by atoms with Gasteiger partial charge in [-0.1, -0.05) is 12.0 Å². The normalized spacial score (nSPS) is 10.8. The average molecular weight is 303 g/mol. The van der Waals surface area contributed by atoms with Gasteiger partial charge in [0.05, 0.1) is 13.1 Å². The van der Waals surface area contributed by atoms with E-state index in [1.807, 2.05) is 32.9 Å². The number of carbonyl (C=O) groups excluding carboxylic acids is 1. The average Bonchev–Trinajstić information content (AvgIpc) is 2.45. The Balaban J connectivity index is 2.60. The van der Waals surface area contributed by atoms with E-state index in [9.17, 15) is 4.79 Å². The highest BCUT2D eigenvalue weighted by Crippen LogP contribution is 2.12. The topological polar surface area (TPSA) is 54.5 Å².